The maximum atomic E-state index is 14.4. The van der Waals surface area contributed by atoms with E-state index in [2.05, 4.69) is 22.1 Å². The maximum Gasteiger partial charge on any atom is 0.340 e. The second-order valence-corrected chi connectivity index (χ2v) is 15.8. The van der Waals surface area contributed by atoms with Gasteiger partial charge in [0.25, 0.3) is 0 Å². The van der Waals surface area contributed by atoms with Crippen molar-refractivity contribution in [1.29, 1.82) is 0 Å². The van der Waals surface area contributed by atoms with Gasteiger partial charge in [0, 0.05) is 87.4 Å². The number of amides is 1. The summed E-state index contributed by atoms with van der Waals surface area (Å²) in [5.74, 6) is -1.78. The Bertz CT molecular complexity index is 1740. The molecule has 3 N–H and O–H groups in total. The van der Waals surface area contributed by atoms with Crippen molar-refractivity contribution in [3.05, 3.63) is 65.5 Å². The minimum absolute atomic E-state index is 0.0705. The summed E-state index contributed by atoms with van der Waals surface area (Å²) in [4.78, 5) is 34.3. The third-order valence-electron chi connectivity index (χ3n) is 14.2. The van der Waals surface area contributed by atoms with Crippen molar-refractivity contribution in [2.45, 2.75) is 93.5 Å². The molecule has 5 saturated carbocycles. The zero-order valence-corrected chi connectivity index (χ0v) is 30.2. The molecule has 6 fully saturated rings. The number of pyridine rings is 1. The number of fused-ring (bicyclic) bond motifs is 2. The van der Waals surface area contributed by atoms with E-state index in [-0.39, 0.29) is 53.4 Å². The van der Waals surface area contributed by atoms with Crippen LogP contribution in [0.2, 0.25) is 0 Å². The molecule has 12 atom stereocenters. The molecule has 1 aromatic carbocycles. The molecule has 7 bridgehead atoms. The fourth-order valence-corrected chi connectivity index (χ4v) is 12.6. The van der Waals surface area contributed by atoms with E-state index in [9.17, 15) is 19.8 Å². The van der Waals surface area contributed by atoms with Gasteiger partial charge in [-0.3, -0.25) is 14.7 Å². The number of likely N-dealkylation sites (tertiary alicyclic amines) is 1. The number of anilines is 1. The van der Waals surface area contributed by atoms with E-state index >= 15 is 0 Å². The smallest absolute Gasteiger partial charge is 0.340 e. The molecule has 1 spiro atoms. The molecule has 2 heterocycles. The Kier molecular flexibility index (Phi) is 8.52. The highest BCUT2D eigenvalue weighted by molar-refractivity contribution is 6.06. The number of aromatic nitrogens is 1. The number of piperidine rings is 1. The van der Waals surface area contributed by atoms with E-state index in [0.29, 0.717) is 50.9 Å². The van der Waals surface area contributed by atoms with Gasteiger partial charge in [0.05, 0.1) is 29.6 Å². The van der Waals surface area contributed by atoms with E-state index in [1.54, 1.807) is 57.9 Å². The van der Waals surface area contributed by atoms with Crippen LogP contribution >= 0.6 is 0 Å². The number of nitrogens with one attached hydrogen (secondary N) is 1. The van der Waals surface area contributed by atoms with Gasteiger partial charge in [-0.1, -0.05) is 26.0 Å². The Morgan fingerprint density at radius 3 is 2.59 bits per heavy atom. The summed E-state index contributed by atoms with van der Waals surface area (Å²) in [5.41, 5.74) is -2.00. The summed E-state index contributed by atoms with van der Waals surface area (Å²) in [7, 11) is 5.06. The van der Waals surface area contributed by atoms with Gasteiger partial charge >= 0.3 is 5.97 Å². The van der Waals surface area contributed by atoms with Crippen LogP contribution in [0, 0.1) is 29.1 Å². The van der Waals surface area contributed by atoms with Gasteiger partial charge < -0.3 is 34.5 Å². The first-order valence-corrected chi connectivity index (χ1v) is 18.6. The minimum atomic E-state index is -1.50. The van der Waals surface area contributed by atoms with Gasteiger partial charge in [-0.2, -0.15) is 0 Å². The lowest BCUT2D eigenvalue weighted by Crippen LogP contribution is -2.83. The number of carbonyl (C=O) groups excluding carboxylic acids is 2. The van der Waals surface area contributed by atoms with E-state index in [0.717, 1.165) is 17.7 Å². The van der Waals surface area contributed by atoms with Gasteiger partial charge in [0.1, 0.15) is 16.8 Å². The molecule has 1 aromatic heterocycles. The zero-order valence-electron chi connectivity index (χ0n) is 30.2. The van der Waals surface area contributed by atoms with Crippen LogP contribution in [0.4, 0.5) is 5.69 Å². The van der Waals surface area contributed by atoms with Gasteiger partial charge in [-0.05, 0) is 74.6 Å². The number of para-hydroxylation sites is 1. The normalized spacial score (nSPS) is 41.9. The quantitative estimate of drug-likeness (QED) is 0.247. The second-order valence-electron chi connectivity index (χ2n) is 15.8. The summed E-state index contributed by atoms with van der Waals surface area (Å²) in [6.07, 6.45) is 7.43. The number of ether oxygens (including phenoxy) is 4. The van der Waals surface area contributed by atoms with Crippen LogP contribution < -0.4 is 5.32 Å². The summed E-state index contributed by atoms with van der Waals surface area (Å²) >= 11 is 0. The molecule has 11 nitrogen and oxygen atoms in total. The number of hydrogen-bond acceptors (Lipinski definition) is 10. The van der Waals surface area contributed by atoms with E-state index in [1.807, 2.05) is 19.1 Å². The third-order valence-corrected chi connectivity index (χ3v) is 14.2. The fraction of sp³-hybridized carbons (Fsp3) is 0.625. The number of aliphatic hydroxyl groups is 2. The standard InChI is InChI=1S/C40H51N3O8/c1-6-24-18-23(15-17-41-24)12-13-33(44)42-28-11-9-8-10-25(28)36(45)51-37-16-14-32(49-4)39-30(37)20-27(34(39)43(7-2)22-37)38(46)21-29(48-3)26-19-31(39)40(38,47)35(26)50-5/h8-13,15,17-18,26-27,29-32,34-35,46-47H,6-7,14,16,19-22H2,1-5H3,(H,42,44)/b13-12+/t26-,27-,29+,30-,31+,32+,34?,35?,37-,38+,39+,40+/m1/s1. The predicted octanol–water partition coefficient (Wildman–Crippen LogP) is 3.87. The Labute approximate surface area is 299 Å². The highest BCUT2D eigenvalue weighted by Gasteiger charge is 2.89. The number of likely N-dealkylation sites (N-methyl/N-ethyl adjacent to an activating group) is 1. The molecule has 1 amide bonds. The SMILES string of the molecule is CCc1cc(/C=C/C(=O)Nc2ccccc2C(=O)O[C@@]23CC[C@H](OC)[C@]45C([C@@H](C[C@H]24)[C@@]2(O)C[C@H](OC)[C@H]4C[C@@H]5[C@]2(O)C4OC)N(CC)C3)ccn1. The van der Waals surface area contributed by atoms with Crippen LogP contribution in [0.25, 0.3) is 6.08 Å². The first kappa shape index (κ1) is 34.9. The molecule has 274 valence electrons. The van der Waals surface area contributed by atoms with Gasteiger partial charge in [0.15, 0.2) is 0 Å². The van der Waals surface area contributed by atoms with Crippen LogP contribution in [-0.4, -0.2) is 108 Å². The van der Waals surface area contributed by atoms with E-state index in [4.69, 9.17) is 18.9 Å². The number of nitrogens with zero attached hydrogens (tertiary/aromatic N) is 2. The second kappa shape index (κ2) is 12.5. The van der Waals surface area contributed by atoms with Gasteiger partial charge in [-0.25, -0.2) is 4.79 Å². The molecule has 1 aliphatic heterocycles. The molecule has 2 unspecified atom stereocenters. The maximum absolute atomic E-state index is 14.4. The lowest BCUT2D eigenvalue weighted by Gasteiger charge is -2.70. The number of hydrogen-bond donors (Lipinski definition) is 3. The van der Waals surface area contributed by atoms with Crippen molar-refractivity contribution in [3.63, 3.8) is 0 Å². The Balaban J connectivity index is 1.14. The molecule has 1 saturated heterocycles. The molecule has 51 heavy (non-hydrogen) atoms. The topological polar surface area (TPSA) is 140 Å². The molecular weight excluding hydrogens is 650 g/mol. The molecule has 11 heteroatoms. The molecule has 6 aliphatic rings. The summed E-state index contributed by atoms with van der Waals surface area (Å²) in [5, 5.41) is 28.8. The number of rotatable bonds is 10. The summed E-state index contributed by atoms with van der Waals surface area (Å²) in [6, 6.07) is 10.7. The van der Waals surface area contributed by atoms with Crippen molar-refractivity contribution in [1.82, 2.24) is 9.88 Å². The Morgan fingerprint density at radius 2 is 1.86 bits per heavy atom. The van der Waals surface area contributed by atoms with Crippen LogP contribution in [0.15, 0.2) is 48.7 Å². The van der Waals surface area contributed by atoms with Crippen molar-refractivity contribution in [2.75, 3.05) is 39.7 Å². The first-order valence-electron chi connectivity index (χ1n) is 18.6. The van der Waals surface area contributed by atoms with Crippen LogP contribution in [-0.2, 0) is 30.2 Å². The van der Waals surface area contributed by atoms with Crippen molar-refractivity contribution >= 4 is 23.6 Å². The highest BCUT2D eigenvalue weighted by atomic mass is 16.6. The van der Waals surface area contributed by atoms with Gasteiger partial charge in [0.2, 0.25) is 5.91 Å². The number of methoxy groups -OCH3 is 3. The van der Waals surface area contributed by atoms with Crippen LogP contribution in [0.1, 0.15) is 67.6 Å². The number of esters is 1. The molecule has 8 rings (SSSR count). The van der Waals surface area contributed by atoms with Crippen molar-refractivity contribution < 1.29 is 38.7 Å². The van der Waals surface area contributed by atoms with Gasteiger partial charge in [-0.15, -0.1) is 0 Å². The number of carbonyl (C=O) groups is 2. The summed E-state index contributed by atoms with van der Waals surface area (Å²) in [6.45, 7) is 5.35. The molecule has 5 aliphatic carbocycles. The zero-order chi connectivity index (χ0) is 35.9. The Morgan fingerprint density at radius 1 is 1.06 bits per heavy atom. The molecule has 0 radical (unpaired) electrons. The average molecular weight is 702 g/mol. The average Bonchev–Trinajstić information content (AvgIpc) is 3.57. The third kappa shape index (κ3) is 4.61. The fourth-order valence-electron chi connectivity index (χ4n) is 12.6. The van der Waals surface area contributed by atoms with Crippen molar-refractivity contribution in [3.8, 4) is 0 Å². The van der Waals surface area contributed by atoms with Crippen LogP contribution in [0.5, 0.6) is 0 Å². The van der Waals surface area contributed by atoms with Crippen molar-refractivity contribution in [2.24, 2.45) is 29.1 Å². The predicted molar refractivity (Wildman–Crippen MR) is 189 cm³/mol. The minimum Gasteiger partial charge on any atom is -0.454 e. The molecular formula is C40H51N3O8. The lowest BCUT2D eigenvalue weighted by molar-refractivity contribution is -0.337. The first-order chi connectivity index (χ1) is 24.6. The lowest BCUT2D eigenvalue weighted by atomic mass is 9.44. The van der Waals surface area contributed by atoms with E-state index < -0.39 is 34.3 Å². The highest BCUT2D eigenvalue weighted by Crippen LogP contribution is 2.79. The van der Waals surface area contributed by atoms with Crippen LogP contribution in [0.3, 0.4) is 0 Å². The Hall–Kier alpha value is -3.19. The largest absolute Gasteiger partial charge is 0.454 e. The van der Waals surface area contributed by atoms with E-state index in [1.165, 1.54) is 6.08 Å². The number of benzene rings is 1. The summed E-state index contributed by atoms with van der Waals surface area (Å²) < 4.78 is 25.3. The number of aryl methyl sites for hydroxylation is 1. The molecule has 2 aromatic rings. The monoisotopic (exact) mass is 701 g/mol.